The second kappa shape index (κ2) is 9.44. The van der Waals surface area contributed by atoms with Crippen LogP contribution >= 0.6 is 0 Å². The van der Waals surface area contributed by atoms with Crippen molar-refractivity contribution in [1.29, 1.82) is 0 Å². The van der Waals surface area contributed by atoms with Gasteiger partial charge < -0.3 is 0 Å². The van der Waals surface area contributed by atoms with Gasteiger partial charge in [0.05, 0.1) is 5.69 Å². The van der Waals surface area contributed by atoms with Crippen LogP contribution in [0.2, 0.25) is 0 Å². The Bertz CT molecular complexity index is 1450. The van der Waals surface area contributed by atoms with E-state index in [0.717, 1.165) is 27.9 Å². The van der Waals surface area contributed by atoms with Gasteiger partial charge in [0.15, 0.2) is 17.5 Å². The Labute approximate surface area is 221 Å². The van der Waals surface area contributed by atoms with E-state index < -0.39 is 0 Å². The average molecular weight is 494 g/mol. The maximum Gasteiger partial charge on any atom is 0.184 e. The molecule has 0 bridgehead atoms. The molecular formula is C32H39N5. The average Bonchev–Trinajstić information content (AvgIpc) is 2.87. The number of hydrogen-bond acceptors (Lipinski definition) is 5. The van der Waals surface area contributed by atoms with Crippen LogP contribution < -0.4 is 0 Å². The summed E-state index contributed by atoms with van der Waals surface area (Å²) in [6.45, 7) is 27.9. The molecule has 0 N–H and O–H groups in total. The van der Waals surface area contributed by atoms with Gasteiger partial charge in [-0.05, 0) is 157 Å². The van der Waals surface area contributed by atoms with Gasteiger partial charge in [0, 0.05) is 11.1 Å². The Hall–Kier alpha value is -3.47. The first-order chi connectivity index (χ1) is 17.3. The van der Waals surface area contributed by atoms with Crippen LogP contribution in [0, 0.1) is 90.0 Å². The van der Waals surface area contributed by atoms with Gasteiger partial charge in [-0.3, -0.25) is 0 Å². The lowest BCUT2D eigenvalue weighted by Gasteiger charge is -2.21. The minimum atomic E-state index is 0.567. The van der Waals surface area contributed by atoms with Crippen LogP contribution in [0.4, 0.5) is 0 Å². The summed E-state index contributed by atoms with van der Waals surface area (Å²) in [5.41, 5.74) is 18.5. The van der Waals surface area contributed by atoms with Crippen LogP contribution in [0.5, 0.6) is 0 Å². The van der Waals surface area contributed by atoms with Crippen molar-refractivity contribution in [1.82, 2.24) is 25.1 Å². The minimum absolute atomic E-state index is 0.567. The zero-order valence-corrected chi connectivity index (χ0v) is 24.7. The summed E-state index contributed by atoms with van der Waals surface area (Å²) in [6, 6.07) is 0. The SMILES string of the molecule is Cc1nnc(-c2nc(-c3c(C)c(C)c(C)c(C)c3C)nc(-c3c(C)c(C)c(C)c(C)c3C)n2)c(C)c1C. The molecule has 0 amide bonds. The molecule has 2 aromatic carbocycles. The lowest BCUT2D eigenvalue weighted by atomic mass is 9.88. The Balaban J connectivity index is 2.16. The third kappa shape index (κ3) is 4.14. The highest BCUT2D eigenvalue weighted by Crippen LogP contribution is 2.37. The highest BCUT2D eigenvalue weighted by Gasteiger charge is 2.23. The van der Waals surface area contributed by atoms with Gasteiger partial charge in [-0.2, -0.15) is 5.10 Å². The van der Waals surface area contributed by atoms with Crippen molar-refractivity contribution in [2.45, 2.75) is 90.0 Å². The van der Waals surface area contributed by atoms with Crippen molar-refractivity contribution in [3.63, 3.8) is 0 Å². The van der Waals surface area contributed by atoms with Crippen LogP contribution in [0.25, 0.3) is 34.3 Å². The number of rotatable bonds is 3. The van der Waals surface area contributed by atoms with Gasteiger partial charge in [0.1, 0.15) is 5.69 Å². The maximum absolute atomic E-state index is 5.17. The summed E-state index contributed by atoms with van der Waals surface area (Å²) in [6.07, 6.45) is 0. The molecule has 0 fully saturated rings. The summed E-state index contributed by atoms with van der Waals surface area (Å²) < 4.78 is 0. The standard InChI is InChI=1S/C32H39N5/c1-14-16(3)21(8)27(22(9)17(14)4)30-33-31(28-23(10)18(5)15(2)19(6)24(28)11)35-32(34-30)29-25(12)20(7)26(13)36-37-29/h1-13H3. The van der Waals surface area contributed by atoms with E-state index in [4.69, 9.17) is 15.0 Å². The molecule has 0 atom stereocenters. The molecule has 0 saturated heterocycles. The molecule has 0 aliphatic carbocycles. The molecular weight excluding hydrogens is 454 g/mol. The lowest BCUT2D eigenvalue weighted by Crippen LogP contribution is -2.09. The number of aryl methyl sites for hydroxylation is 1. The van der Waals surface area contributed by atoms with Gasteiger partial charge >= 0.3 is 0 Å². The Kier molecular flexibility index (Phi) is 6.78. The van der Waals surface area contributed by atoms with E-state index >= 15 is 0 Å². The van der Waals surface area contributed by atoms with E-state index in [0.29, 0.717) is 23.2 Å². The van der Waals surface area contributed by atoms with Gasteiger partial charge in [-0.15, -0.1) is 5.10 Å². The fraction of sp³-hybridized carbons (Fsp3) is 0.406. The number of nitrogens with zero attached hydrogens (tertiary/aromatic N) is 5. The molecule has 5 nitrogen and oxygen atoms in total. The van der Waals surface area contributed by atoms with Gasteiger partial charge in [-0.25, -0.2) is 15.0 Å². The highest BCUT2D eigenvalue weighted by molar-refractivity contribution is 5.76. The monoisotopic (exact) mass is 493 g/mol. The number of benzene rings is 2. The molecule has 0 spiro atoms. The largest absolute Gasteiger partial charge is 0.208 e. The van der Waals surface area contributed by atoms with E-state index in [9.17, 15) is 0 Å². The molecule has 37 heavy (non-hydrogen) atoms. The van der Waals surface area contributed by atoms with Gasteiger partial charge in [0.2, 0.25) is 0 Å². The highest BCUT2D eigenvalue weighted by atomic mass is 15.1. The van der Waals surface area contributed by atoms with E-state index in [-0.39, 0.29) is 0 Å². The predicted molar refractivity (Wildman–Crippen MR) is 153 cm³/mol. The first kappa shape index (κ1) is 26.6. The van der Waals surface area contributed by atoms with E-state index in [1.54, 1.807) is 0 Å². The summed E-state index contributed by atoms with van der Waals surface area (Å²) in [5.74, 6) is 1.95. The molecule has 2 aromatic heterocycles. The molecule has 0 aliphatic heterocycles. The van der Waals surface area contributed by atoms with E-state index in [2.05, 4.69) is 93.3 Å². The third-order valence-corrected chi connectivity index (χ3v) is 9.05. The second-order valence-electron chi connectivity index (χ2n) is 10.7. The summed E-state index contributed by atoms with van der Waals surface area (Å²) in [7, 11) is 0. The Morgan fingerprint density at radius 3 is 1.00 bits per heavy atom. The predicted octanol–water partition coefficient (Wildman–Crippen LogP) is 7.67. The molecule has 2 heterocycles. The second-order valence-corrected chi connectivity index (χ2v) is 10.7. The van der Waals surface area contributed by atoms with Crippen molar-refractivity contribution < 1.29 is 0 Å². The molecule has 4 rings (SSSR count). The Morgan fingerprint density at radius 1 is 0.297 bits per heavy atom. The number of aromatic nitrogens is 5. The van der Waals surface area contributed by atoms with Crippen LogP contribution in [-0.2, 0) is 0 Å². The van der Waals surface area contributed by atoms with Crippen LogP contribution in [0.1, 0.15) is 72.5 Å². The molecule has 0 saturated carbocycles. The maximum atomic E-state index is 5.17. The summed E-state index contributed by atoms with van der Waals surface area (Å²) >= 11 is 0. The van der Waals surface area contributed by atoms with Crippen molar-refractivity contribution >= 4 is 0 Å². The smallest absolute Gasteiger partial charge is 0.184 e. The molecule has 0 aliphatic rings. The first-order valence-electron chi connectivity index (χ1n) is 13.0. The quantitative estimate of drug-likeness (QED) is 0.293. The summed E-state index contributed by atoms with van der Waals surface area (Å²) in [5, 5.41) is 8.98. The number of hydrogen-bond donors (Lipinski definition) is 0. The van der Waals surface area contributed by atoms with Gasteiger partial charge in [-0.1, -0.05) is 0 Å². The summed E-state index contributed by atoms with van der Waals surface area (Å²) in [4.78, 5) is 15.3. The van der Waals surface area contributed by atoms with Crippen LogP contribution in [-0.4, -0.2) is 25.1 Å². The van der Waals surface area contributed by atoms with E-state index in [1.165, 1.54) is 55.6 Å². The molecule has 0 radical (unpaired) electrons. The first-order valence-corrected chi connectivity index (χ1v) is 13.0. The molecule has 4 aromatic rings. The zero-order valence-electron chi connectivity index (χ0n) is 24.7. The zero-order chi connectivity index (χ0) is 27.5. The fourth-order valence-electron chi connectivity index (χ4n) is 5.31. The lowest BCUT2D eigenvalue weighted by molar-refractivity contribution is 0.930. The fourth-order valence-corrected chi connectivity index (χ4v) is 5.31. The third-order valence-electron chi connectivity index (χ3n) is 9.05. The van der Waals surface area contributed by atoms with Crippen LogP contribution in [0.3, 0.4) is 0 Å². The minimum Gasteiger partial charge on any atom is -0.208 e. The van der Waals surface area contributed by atoms with Crippen molar-refractivity contribution in [2.24, 2.45) is 0 Å². The Morgan fingerprint density at radius 2 is 0.622 bits per heavy atom. The van der Waals surface area contributed by atoms with Crippen molar-refractivity contribution in [3.8, 4) is 34.3 Å². The molecule has 192 valence electrons. The molecule has 5 heteroatoms. The molecule has 0 unspecified atom stereocenters. The van der Waals surface area contributed by atoms with Crippen molar-refractivity contribution in [2.75, 3.05) is 0 Å². The van der Waals surface area contributed by atoms with Crippen molar-refractivity contribution in [3.05, 3.63) is 72.5 Å². The topological polar surface area (TPSA) is 64.5 Å². The van der Waals surface area contributed by atoms with Crippen LogP contribution in [0.15, 0.2) is 0 Å². The normalized spacial score (nSPS) is 11.4. The van der Waals surface area contributed by atoms with E-state index in [1.807, 2.05) is 6.92 Å². The van der Waals surface area contributed by atoms with Gasteiger partial charge in [0.25, 0.3) is 0 Å².